The van der Waals surface area contributed by atoms with Crippen LogP contribution in [0.5, 0.6) is 5.75 Å². The number of rotatable bonds is 7. The van der Waals surface area contributed by atoms with E-state index in [1.165, 1.54) is 0 Å². The molecule has 0 aliphatic carbocycles. The minimum Gasteiger partial charge on any atom is -0.485 e. The molecule has 7 nitrogen and oxygen atoms in total. The summed E-state index contributed by atoms with van der Waals surface area (Å²) in [7, 11) is 0. The number of alkyl halides is 6. The number of carbonyl (C=O) groups excluding carboxylic acids is 1. The number of hydrogen-bond acceptors (Lipinski definition) is 6. The number of ether oxygens (including phenoxy) is 2. The van der Waals surface area contributed by atoms with Crippen molar-refractivity contribution in [3.63, 3.8) is 0 Å². The standard InChI is InChI=1S/C21H19F7N4O3/c1-19(21(27,28)35-7-6-16(29)32-19)13-8-11(2-4-14(13)22)31-17(33)15-5-3-12(9-30-15)34-10-20(25,26)18(23)24/h2-5,8-9,18H,6-7,10H2,1H3,(H2,29,32)(H,31,33)/t19-/m1/s1. The predicted octanol–water partition coefficient (Wildman–Crippen LogP) is 4.34. The molecule has 3 N–H and O–H groups in total. The molecule has 0 bridgehead atoms. The van der Waals surface area contributed by atoms with Crippen molar-refractivity contribution in [2.75, 3.05) is 18.5 Å². The number of carbonyl (C=O) groups is 1. The van der Waals surface area contributed by atoms with Crippen molar-refractivity contribution in [2.45, 2.75) is 37.3 Å². The second-order valence-electron chi connectivity index (χ2n) is 7.67. The van der Waals surface area contributed by atoms with Crippen LogP contribution in [0, 0.1) is 5.82 Å². The molecule has 2 heterocycles. The molecule has 0 saturated heterocycles. The van der Waals surface area contributed by atoms with Gasteiger partial charge >= 0.3 is 18.5 Å². The number of nitrogens with two attached hydrogens (primary N) is 1. The summed E-state index contributed by atoms with van der Waals surface area (Å²) in [5.41, 5.74) is 2.15. The van der Waals surface area contributed by atoms with E-state index in [4.69, 9.17) is 5.73 Å². The SMILES string of the molecule is C[C@]1(c2cc(NC(=O)c3ccc(OCC(F)(F)C(F)F)cn3)ccc2F)N=C(N)CCOC1(F)F. The summed E-state index contributed by atoms with van der Waals surface area (Å²) in [6.45, 7) is -1.09. The maximum absolute atomic E-state index is 14.7. The summed E-state index contributed by atoms with van der Waals surface area (Å²) >= 11 is 0. The first-order chi connectivity index (χ1) is 16.2. The zero-order valence-electron chi connectivity index (χ0n) is 18.0. The van der Waals surface area contributed by atoms with Crippen molar-refractivity contribution in [2.24, 2.45) is 10.7 Å². The number of pyridine rings is 1. The fraction of sp³-hybridized carbons (Fsp3) is 0.381. The largest absolute Gasteiger partial charge is 0.485 e. The van der Waals surface area contributed by atoms with Crippen molar-refractivity contribution >= 4 is 17.4 Å². The van der Waals surface area contributed by atoms with Crippen LogP contribution >= 0.6 is 0 Å². The highest BCUT2D eigenvalue weighted by Gasteiger charge is 2.55. The number of aliphatic imine (C=N–C) groups is 1. The Labute approximate surface area is 194 Å². The minimum absolute atomic E-state index is 0.0889. The minimum atomic E-state index is -4.37. The molecule has 1 aliphatic rings. The zero-order chi connectivity index (χ0) is 26.0. The fourth-order valence-corrected chi connectivity index (χ4v) is 3.06. The lowest BCUT2D eigenvalue weighted by atomic mass is 9.90. The Hall–Kier alpha value is -3.42. The van der Waals surface area contributed by atoms with Crippen LogP contribution < -0.4 is 15.8 Å². The van der Waals surface area contributed by atoms with Gasteiger partial charge < -0.3 is 20.5 Å². The summed E-state index contributed by atoms with van der Waals surface area (Å²) in [6.07, 6.45) is -7.08. The van der Waals surface area contributed by atoms with Crippen molar-refractivity contribution < 1.29 is 45.0 Å². The van der Waals surface area contributed by atoms with Gasteiger partial charge in [0.15, 0.2) is 12.1 Å². The lowest BCUT2D eigenvalue weighted by Crippen LogP contribution is -2.44. The third-order valence-corrected chi connectivity index (χ3v) is 5.04. The van der Waals surface area contributed by atoms with Gasteiger partial charge in [0.1, 0.15) is 17.3 Å². The molecule has 190 valence electrons. The average molecular weight is 508 g/mol. The smallest absolute Gasteiger partial charge is 0.384 e. The topological polar surface area (TPSA) is 98.8 Å². The Morgan fingerprint density at radius 1 is 1.29 bits per heavy atom. The third kappa shape index (κ3) is 5.63. The van der Waals surface area contributed by atoms with Crippen LogP contribution in [-0.4, -0.2) is 48.4 Å². The number of halogens is 7. The van der Waals surface area contributed by atoms with E-state index >= 15 is 0 Å². The Morgan fingerprint density at radius 2 is 2.00 bits per heavy atom. The third-order valence-electron chi connectivity index (χ3n) is 5.04. The lowest BCUT2D eigenvalue weighted by Gasteiger charge is -2.32. The van der Waals surface area contributed by atoms with E-state index in [-0.39, 0.29) is 29.4 Å². The summed E-state index contributed by atoms with van der Waals surface area (Å²) in [6, 6.07) is 4.98. The van der Waals surface area contributed by atoms with Gasteiger partial charge in [-0.15, -0.1) is 0 Å². The molecule has 35 heavy (non-hydrogen) atoms. The highest BCUT2D eigenvalue weighted by molar-refractivity contribution is 6.02. The lowest BCUT2D eigenvalue weighted by molar-refractivity contribution is -0.275. The number of nitrogens with one attached hydrogen (secondary N) is 1. The Bertz CT molecular complexity index is 1110. The first-order valence-electron chi connectivity index (χ1n) is 9.97. The van der Waals surface area contributed by atoms with E-state index in [2.05, 4.69) is 24.8 Å². The second-order valence-corrected chi connectivity index (χ2v) is 7.67. The molecule has 1 aliphatic heterocycles. The van der Waals surface area contributed by atoms with Crippen LogP contribution in [-0.2, 0) is 10.3 Å². The first kappa shape index (κ1) is 26.2. The fourth-order valence-electron chi connectivity index (χ4n) is 3.06. The van der Waals surface area contributed by atoms with E-state index in [0.29, 0.717) is 0 Å². The van der Waals surface area contributed by atoms with Gasteiger partial charge in [0.25, 0.3) is 5.91 Å². The average Bonchev–Trinajstić information content (AvgIpc) is 2.88. The molecule has 14 heteroatoms. The number of amides is 1. The zero-order valence-corrected chi connectivity index (χ0v) is 18.0. The molecular weight excluding hydrogens is 489 g/mol. The first-order valence-corrected chi connectivity index (χ1v) is 9.97. The molecule has 0 saturated carbocycles. The molecule has 0 fully saturated rings. The van der Waals surface area contributed by atoms with Crippen molar-refractivity contribution in [1.82, 2.24) is 4.98 Å². The quantitative estimate of drug-likeness (QED) is 0.543. The van der Waals surface area contributed by atoms with Crippen LogP contribution in [0.15, 0.2) is 41.5 Å². The van der Waals surface area contributed by atoms with Crippen molar-refractivity contribution in [3.8, 4) is 5.75 Å². The Balaban J connectivity index is 1.79. The van der Waals surface area contributed by atoms with Gasteiger partial charge in [-0.25, -0.2) is 18.2 Å². The Morgan fingerprint density at radius 3 is 2.63 bits per heavy atom. The molecular formula is C21H19F7N4O3. The summed E-state index contributed by atoms with van der Waals surface area (Å²) < 4.78 is 103. The van der Waals surface area contributed by atoms with Gasteiger partial charge in [-0.1, -0.05) is 0 Å². The van der Waals surface area contributed by atoms with Gasteiger partial charge in [-0.05, 0) is 37.3 Å². The van der Waals surface area contributed by atoms with E-state index in [9.17, 15) is 35.5 Å². The number of benzene rings is 1. The van der Waals surface area contributed by atoms with Gasteiger partial charge in [-0.2, -0.15) is 17.6 Å². The Kier molecular flexibility index (Phi) is 7.24. The predicted molar refractivity (Wildman–Crippen MR) is 110 cm³/mol. The second kappa shape index (κ2) is 9.68. The molecule has 1 amide bonds. The van der Waals surface area contributed by atoms with Gasteiger partial charge in [0.05, 0.1) is 18.6 Å². The highest BCUT2D eigenvalue weighted by atomic mass is 19.3. The van der Waals surface area contributed by atoms with Crippen molar-refractivity contribution in [3.05, 3.63) is 53.6 Å². The van der Waals surface area contributed by atoms with E-state index in [1.54, 1.807) is 0 Å². The highest BCUT2D eigenvalue weighted by Crippen LogP contribution is 2.45. The molecule has 1 atom stereocenters. The molecule has 0 spiro atoms. The van der Waals surface area contributed by atoms with Gasteiger partial charge in [0, 0.05) is 17.7 Å². The molecule has 1 aromatic carbocycles. The normalized spacial score (nSPS) is 20.2. The number of amidine groups is 1. The molecule has 0 radical (unpaired) electrons. The number of aromatic nitrogens is 1. The number of anilines is 1. The van der Waals surface area contributed by atoms with Crippen LogP contribution in [0.25, 0.3) is 0 Å². The van der Waals surface area contributed by atoms with Gasteiger partial charge in [-0.3, -0.25) is 9.79 Å². The van der Waals surface area contributed by atoms with Crippen molar-refractivity contribution in [1.29, 1.82) is 0 Å². The summed E-state index contributed by atoms with van der Waals surface area (Å²) in [5.74, 6) is -6.77. The van der Waals surface area contributed by atoms with E-state index < -0.39 is 54.5 Å². The summed E-state index contributed by atoms with van der Waals surface area (Å²) in [4.78, 5) is 19.9. The van der Waals surface area contributed by atoms with E-state index in [1.807, 2.05) is 0 Å². The van der Waals surface area contributed by atoms with Crippen LogP contribution in [0.3, 0.4) is 0 Å². The molecule has 2 aromatic rings. The molecule has 3 rings (SSSR count). The van der Waals surface area contributed by atoms with Crippen LogP contribution in [0.1, 0.15) is 29.4 Å². The van der Waals surface area contributed by atoms with Gasteiger partial charge in [0.2, 0.25) is 0 Å². The monoisotopic (exact) mass is 508 g/mol. The number of nitrogens with zero attached hydrogens (tertiary/aromatic N) is 2. The van der Waals surface area contributed by atoms with Crippen LogP contribution in [0.4, 0.5) is 36.4 Å². The van der Waals surface area contributed by atoms with E-state index in [0.717, 1.165) is 43.5 Å². The number of hydrogen-bond donors (Lipinski definition) is 2. The maximum atomic E-state index is 14.7. The molecule has 1 aromatic heterocycles. The summed E-state index contributed by atoms with van der Waals surface area (Å²) in [5, 5.41) is 2.33. The maximum Gasteiger partial charge on any atom is 0.384 e. The molecule has 0 unspecified atom stereocenters. The van der Waals surface area contributed by atoms with Crippen LogP contribution in [0.2, 0.25) is 0 Å².